The van der Waals surface area contributed by atoms with Gasteiger partial charge in [-0.25, -0.2) is 0 Å². The molecule has 174 valence electrons. The van der Waals surface area contributed by atoms with E-state index in [1.807, 2.05) is 21.9 Å². The molecule has 0 atom stereocenters. The van der Waals surface area contributed by atoms with E-state index in [2.05, 4.69) is 15.0 Å². The van der Waals surface area contributed by atoms with Crippen molar-refractivity contribution in [3.8, 4) is 0 Å². The van der Waals surface area contributed by atoms with E-state index in [0.29, 0.717) is 54.8 Å². The van der Waals surface area contributed by atoms with Crippen molar-refractivity contribution < 1.29 is 14.1 Å². The zero-order chi connectivity index (χ0) is 21.6. The highest BCUT2D eigenvalue weighted by Crippen LogP contribution is 2.18. The number of hydrogen-bond acceptors (Lipinski definition) is 6. The van der Waals surface area contributed by atoms with E-state index in [-0.39, 0.29) is 24.2 Å². The predicted octanol–water partition coefficient (Wildman–Crippen LogP) is 3.05. The molecule has 0 bridgehead atoms. The van der Waals surface area contributed by atoms with E-state index in [9.17, 15) is 9.59 Å². The van der Waals surface area contributed by atoms with Crippen molar-refractivity contribution >= 4 is 35.8 Å². The second kappa shape index (κ2) is 11.6. The summed E-state index contributed by atoms with van der Waals surface area (Å²) in [6.07, 6.45) is 4.27. The SMILES string of the molecule is Cl.O=C(CCc1nc(CN2CCN(C(=O)c3ccccc3Cl)CC2)no1)N1CCCCC1. The van der Waals surface area contributed by atoms with Gasteiger partial charge in [0.1, 0.15) is 0 Å². The number of carbonyl (C=O) groups is 2. The zero-order valence-electron chi connectivity index (χ0n) is 18.0. The van der Waals surface area contributed by atoms with Crippen LogP contribution in [0.25, 0.3) is 0 Å². The molecular formula is C22H29Cl2N5O3. The Balaban J connectivity index is 0.00000289. The fourth-order valence-electron chi connectivity index (χ4n) is 4.09. The zero-order valence-corrected chi connectivity index (χ0v) is 19.6. The molecule has 0 saturated carbocycles. The van der Waals surface area contributed by atoms with Crippen LogP contribution >= 0.6 is 24.0 Å². The maximum Gasteiger partial charge on any atom is 0.255 e. The van der Waals surface area contributed by atoms with E-state index < -0.39 is 0 Å². The molecule has 4 rings (SSSR count). The fraction of sp³-hybridized carbons (Fsp3) is 0.545. The largest absolute Gasteiger partial charge is 0.343 e. The number of rotatable bonds is 6. The van der Waals surface area contributed by atoms with Gasteiger partial charge in [-0.3, -0.25) is 14.5 Å². The average Bonchev–Trinajstić information content (AvgIpc) is 3.25. The molecule has 1 aromatic heterocycles. The third-order valence-electron chi connectivity index (χ3n) is 5.90. The summed E-state index contributed by atoms with van der Waals surface area (Å²) in [7, 11) is 0. The van der Waals surface area contributed by atoms with Gasteiger partial charge in [-0.05, 0) is 31.4 Å². The van der Waals surface area contributed by atoms with Crippen molar-refractivity contribution in [1.82, 2.24) is 24.8 Å². The fourth-order valence-corrected chi connectivity index (χ4v) is 4.30. The summed E-state index contributed by atoms with van der Waals surface area (Å²) < 4.78 is 5.34. The summed E-state index contributed by atoms with van der Waals surface area (Å²) in [6.45, 7) is 4.99. The number of piperidine rings is 1. The Labute approximate surface area is 199 Å². The Morgan fingerprint density at radius 3 is 2.41 bits per heavy atom. The number of benzene rings is 1. The summed E-state index contributed by atoms with van der Waals surface area (Å²) in [5.74, 6) is 1.25. The van der Waals surface area contributed by atoms with Crippen molar-refractivity contribution in [2.45, 2.75) is 38.6 Å². The number of carbonyl (C=O) groups excluding carboxylic acids is 2. The molecule has 2 saturated heterocycles. The number of hydrogen-bond donors (Lipinski definition) is 0. The lowest BCUT2D eigenvalue weighted by Gasteiger charge is -2.34. The maximum absolute atomic E-state index is 12.7. The molecule has 0 spiro atoms. The molecule has 2 aliphatic rings. The summed E-state index contributed by atoms with van der Waals surface area (Å²) >= 11 is 6.16. The highest BCUT2D eigenvalue weighted by molar-refractivity contribution is 6.33. The third kappa shape index (κ3) is 6.21. The molecule has 3 heterocycles. The molecule has 10 heteroatoms. The van der Waals surface area contributed by atoms with Gasteiger partial charge in [0.15, 0.2) is 5.82 Å². The van der Waals surface area contributed by atoms with Gasteiger partial charge in [0.2, 0.25) is 11.8 Å². The normalized spacial score (nSPS) is 17.2. The summed E-state index contributed by atoms with van der Waals surface area (Å²) in [5, 5.41) is 4.54. The number of aromatic nitrogens is 2. The Morgan fingerprint density at radius 2 is 1.69 bits per heavy atom. The van der Waals surface area contributed by atoms with Crippen LogP contribution < -0.4 is 0 Å². The number of piperazine rings is 1. The topological polar surface area (TPSA) is 82.8 Å². The first-order chi connectivity index (χ1) is 15.1. The van der Waals surface area contributed by atoms with Crippen LogP contribution in [0.3, 0.4) is 0 Å². The number of likely N-dealkylation sites (tertiary alicyclic amines) is 1. The lowest BCUT2D eigenvalue weighted by molar-refractivity contribution is -0.132. The minimum absolute atomic E-state index is 0. The van der Waals surface area contributed by atoms with Gasteiger partial charge < -0.3 is 14.3 Å². The summed E-state index contributed by atoms with van der Waals surface area (Å²) in [5.41, 5.74) is 0.541. The van der Waals surface area contributed by atoms with Crippen LogP contribution in [0.1, 0.15) is 47.8 Å². The van der Waals surface area contributed by atoms with Crippen LogP contribution in [-0.4, -0.2) is 75.9 Å². The number of halogens is 2. The molecule has 2 aliphatic heterocycles. The van der Waals surface area contributed by atoms with E-state index in [1.54, 1.807) is 12.1 Å². The minimum Gasteiger partial charge on any atom is -0.343 e. The number of nitrogens with zero attached hydrogens (tertiary/aromatic N) is 5. The maximum atomic E-state index is 12.7. The molecular weight excluding hydrogens is 453 g/mol. The Hall–Kier alpha value is -2.16. The van der Waals surface area contributed by atoms with Gasteiger partial charge >= 0.3 is 0 Å². The molecule has 8 nitrogen and oxygen atoms in total. The highest BCUT2D eigenvalue weighted by Gasteiger charge is 2.24. The Morgan fingerprint density at radius 1 is 0.969 bits per heavy atom. The van der Waals surface area contributed by atoms with Crippen LogP contribution in [0, 0.1) is 0 Å². The number of amides is 2. The van der Waals surface area contributed by atoms with Crippen LogP contribution in [0.2, 0.25) is 5.02 Å². The van der Waals surface area contributed by atoms with E-state index in [4.69, 9.17) is 16.1 Å². The first-order valence-electron chi connectivity index (χ1n) is 11.0. The lowest BCUT2D eigenvalue weighted by atomic mass is 10.1. The molecule has 32 heavy (non-hydrogen) atoms. The van der Waals surface area contributed by atoms with Crippen molar-refractivity contribution in [3.05, 3.63) is 46.6 Å². The lowest BCUT2D eigenvalue weighted by Crippen LogP contribution is -2.48. The van der Waals surface area contributed by atoms with Crippen LogP contribution in [-0.2, 0) is 17.8 Å². The van der Waals surface area contributed by atoms with Crippen LogP contribution in [0.15, 0.2) is 28.8 Å². The monoisotopic (exact) mass is 481 g/mol. The van der Waals surface area contributed by atoms with Crippen molar-refractivity contribution in [2.75, 3.05) is 39.3 Å². The second-order valence-corrected chi connectivity index (χ2v) is 8.50. The van der Waals surface area contributed by atoms with E-state index in [1.165, 1.54) is 6.42 Å². The molecule has 2 fully saturated rings. The molecule has 2 amide bonds. The smallest absolute Gasteiger partial charge is 0.255 e. The third-order valence-corrected chi connectivity index (χ3v) is 6.23. The second-order valence-electron chi connectivity index (χ2n) is 8.09. The van der Waals surface area contributed by atoms with E-state index in [0.717, 1.165) is 39.0 Å². The Bertz CT molecular complexity index is 908. The number of aryl methyl sites for hydroxylation is 1. The van der Waals surface area contributed by atoms with Crippen molar-refractivity contribution in [3.63, 3.8) is 0 Å². The molecule has 0 radical (unpaired) electrons. The average molecular weight is 482 g/mol. The quantitative estimate of drug-likeness (QED) is 0.630. The predicted molar refractivity (Wildman–Crippen MR) is 123 cm³/mol. The molecule has 0 N–H and O–H groups in total. The van der Waals surface area contributed by atoms with Gasteiger partial charge in [-0.15, -0.1) is 12.4 Å². The molecule has 0 aliphatic carbocycles. The molecule has 0 unspecified atom stereocenters. The van der Waals surface area contributed by atoms with Crippen molar-refractivity contribution in [2.24, 2.45) is 0 Å². The van der Waals surface area contributed by atoms with Gasteiger partial charge in [0.25, 0.3) is 5.91 Å². The van der Waals surface area contributed by atoms with Gasteiger partial charge in [0.05, 0.1) is 17.1 Å². The van der Waals surface area contributed by atoms with Gasteiger partial charge in [0, 0.05) is 52.1 Å². The van der Waals surface area contributed by atoms with E-state index >= 15 is 0 Å². The molecule has 1 aromatic carbocycles. The highest BCUT2D eigenvalue weighted by atomic mass is 35.5. The first-order valence-corrected chi connectivity index (χ1v) is 11.3. The minimum atomic E-state index is -0.0366. The standard InChI is InChI=1S/C22H28ClN5O3.ClH/c23-18-7-3-2-6-17(18)22(30)28-14-12-26(13-15-28)16-19-24-20(31-25-19)8-9-21(29)27-10-4-1-5-11-27;/h2-3,6-7H,1,4-5,8-16H2;1H. The summed E-state index contributed by atoms with van der Waals surface area (Å²) in [6, 6.07) is 7.13. The molecule has 2 aromatic rings. The van der Waals surface area contributed by atoms with Gasteiger partial charge in [-0.1, -0.05) is 28.9 Å². The van der Waals surface area contributed by atoms with Crippen LogP contribution in [0.5, 0.6) is 0 Å². The summed E-state index contributed by atoms with van der Waals surface area (Å²) in [4.78, 5) is 35.4. The van der Waals surface area contributed by atoms with Crippen LogP contribution in [0.4, 0.5) is 0 Å². The van der Waals surface area contributed by atoms with Gasteiger partial charge in [-0.2, -0.15) is 4.98 Å². The first kappa shape index (κ1) is 24.5. The van der Waals surface area contributed by atoms with Crippen molar-refractivity contribution in [1.29, 1.82) is 0 Å². The Kier molecular flexibility index (Phi) is 8.90.